The molecule has 1 N–H and O–H groups in total. The van der Waals surface area contributed by atoms with Crippen LogP contribution in [0.2, 0.25) is 10.0 Å². The third-order valence-electron chi connectivity index (χ3n) is 2.87. The third kappa shape index (κ3) is 3.18. The second-order valence-corrected chi connectivity index (χ2v) is 5.25. The molecular weight excluding hydrogens is 265 g/mol. The molecule has 0 saturated heterocycles. The topological polar surface area (TPSA) is 12.0 Å². The molecule has 0 aliphatic carbocycles. The van der Waals surface area contributed by atoms with E-state index in [2.05, 4.69) is 17.4 Å². The van der Waals surface area contributed by atoms with E-state index in [1.807, 2.05) is 38.1 Å². The van der Waals surface area contributed by atoms with Crippen LogP contribution in [0.3, 0.4) is 0 Å². The first-order chi connectivity index (χ1) is 8.56. The first-order valence-electron chi connectivity index (χ1n) is 5.81. The predicted octanol–water partition coefficient (Wildman–Crippen LogP) is 5.22. The number of halogens is 2. The third-order valence-corrected chi connectivity index (χ3v) is 3.45. The molecule has 0 bridgehead atoms. The van der Waals surface area contributed by atoms with Crippen molar-refractivity contribution in [1.82, 2.24) is 0 Å². The van der Waals surface area contributed by atoms with Crippen LogP contribution in [0.15, 0.2) is 36.4 Å². The first kappa shape index (κ1) is 13.3. The zero-order valence-electron chi connectivity index (χ0n) is 10.4. The summed E-state index contributed by atoms with van der Waals surface area (Å²) < 4.78 is 0. The maximum Gasteiger partial charge on any atom is 0.0458 e. The fourth-order valence-electron chi connectivity index (χ4n) is 1.81. The van der Waals surface area contributed by atoms with Crippen LogP contribution in [0.4, 0.5) is 5.69 Å². The van der Waals surface area contributed by atoms with E-state index in [1.54, 1.807) is 0 Å². The number of nitrogens with one attached hydrogen (secondary N) is 1. The molecule has 94 valence electrons. The SMILES string of the molecule is Cc1ccc(CNc2ccc(Cl)cc2C)c(Cl)c1. The highest BCUT2D eigenvalue weighted by atomic mass is 35.5. The lowest BCUT2D eigenvalue weighted by atomic mass is 10.1. The molecule has 0 radical (unpaired) electrons. The Morgan fingerprint density at radius 1 is 1.00 bits per heavy atom. The quantitative estimate of drug-likeness (QED) is 0.812. The average Bonchev–Trinajstić information content (AvgIpc) is 2.30. The molecule has 0 heterocycles. The molecule has 2 aromatic rings. The van der Waals surface area contributed by atoms with Gasteiger partial charge >= 0.3 is 0 Å². The van der Waals surface area contributed by atoms with E-state index in [-0.39, 0.29) is 0 Å². The van der Waals surface area contributed by atoms with Crippen LogP contribution in [0.5, 0.6) is 0 Å². The Hall–Kier alpha value is -1.18. The summed E-state index contributed by atoms with van der Waals surface area (Å²) in [5.74, 6) is 0. The highest BCUT2D eigenvalue weighted by molar-refractivity contribution is 6.31. The van der Waals surface area contributed by atoms with Crippen molar-refractivity contribution < 1.29 is 0 Å². The van der Waals surface area contributed by atoms with Gasteiger partial charge < -0.3 is 5.32 Å². The Balaban J connectivity index is 2.11. The minimum atomic E-state index is 0.710. The van der Waals surface area contributed by atoms with E-state index in [1.165, 1.54) is 5.56 Å². The van der Waals surface area contributed by atoms with Gasteiger partial charge in [-0.3, -0.25) is 0 Å². The first-order valence-corrected chi connectivity index (χ1v) is 6.57. The Morgan fingerprint density at radius 2 is 1.78 bits per heavy atom. The number of benzene rings is 2. The van der Waals surface area contributed by atoms with Crippen LogP contribution < -0.4 is 5.32 Å². The van der Waals surface area contributed by atoms with Crippen molar-refractivity contribution >= 4 is 28.9 Å². The van der Waals surface area contributed by atoms with Gasteiger partial charge in [0.2, 0.25) is 0 Å². The Labute approximate surface area is 118 Å². The van der Waals surface area contributed by atoms with Gasteiger partial charge in [-0.2, -0.15) is 0 Å². The Morgan fingerprint density at radius 3 is 2.44 bits per heavy atom. The molecule has 2 rings (SSSR count). The molecule has 0 unspecified atom stereocenters. The maximum atomic E-state index is 6.20. The van der Waals surface area contributed by atoms with Crippen LogP contribution in [0.1, 0.15) is 16.7 Å². The van der Waals surface area contributed by atoms with Gasteiger partial charge in [0.05, 0.1) is 0 Å². The number of hydrogen-bond acceptors (Lipinski definition) is 1. The van der Waals surface area contributed by atoms with Crippen LogP contribution in [-0.2, 0) is 6.54 Å². The fraction of sp³-hybridized carbons (Fsp3) is 0.200. The minimum absolute atomic E-state index is 0.710. The van der Waals surface area contributed by atoms with Crippen molar-refractivity contribution in [3.05, 3.63) is 63.1 Å². The largest absolute Gasteiger partial charge is 0.381 e. The van der Waals surface area contributed by atoms with E-state index in [9.17, 15) is 0 Å². The van der Waals surface area contributed by atoms with Crippen LogP contribution in [0, 0.1) is 13.8 Å². The lowest BCUT2D eigenvalue weighted by Crippen LogP contribution is -2.01. The van der Waals surface area contributed by atoms with Crippen LogP contribution in [-0.4, -0.2) is 0 Å². The molecule has 1 nitrogen and oxygen atoms in total. The zero-order valence-corrected chi connectivity index (χ0v) is 11.9. The molecule has 0 aliphatic heterocycles. The molecule has 0 amide bonds. The summed E-state index contributed by atoms with van der Waals surface area (Å²) >= 11 is 12.1. The molecule has 3 heteroatoms. The second-order valence-electron chi connectivity index (χ2n) is 4.41. The smallest absolute Gasteiger partial charge is 0.0458 e. The maximum absolute atomic E-state index is 6.20. The van der Waals surface area contributed by atoms with Crippen molar-refractivity contribution in [3.63, 3.8) is 0 Å². The van der Waals surface area contributed by atoms with Gasteiger partial charge in [0.25, 0.3) is 0 Å². The molecule has 0 aliphatic rings. The number of hydrogen-bond donors (Lipinski definition) is 1. The summed E-state index contributed by atoms with van der Waals surface area (Å²) in [5.41, 5.74) is 4.48. The van der Waals surface area contributed by atoms with Gasteiger partial charge in [-0.1, -0.05) is 35.3 Å². The Bertz CT molecular complexity index is 513. The number of anilines is 1. The van der Waals surface area contributed by atoms with Crippen LogP contribution >= 0.6 is 23.2 Å². The minimum Gasteiger partial charge on any atom is -0.381 e. The van der Waals surface area contributed by atoms with E-state index in [0.29, 0.717) is 6.54 Å². The number of aryl methyl sites for hydroxylation is 2. The van der Waals surface area contributed by atoms with Crippen molar-refractivity contribution in [3.8, 4) is 0 Å². The fourth-order valence-corrected chi connectivity index (χ4v) is 2.34. The predicted molar refractivity (Wildman–Crippen MR) is 79.7 cm³/mol. The molecule has 0 aromatic heterocycles. The summed E-state index contributed by atoms with van der Waals surface area (Å²) in [7, 11) is 0. The number of rotatable bonds is 3. The normalized spacial score (nSPS) is 10.4. The summed E-state index contributed by atoms with van der Waals surface area (Å²) in [6, 6.07) is 11.9. The summed E-state index contributed by atoms with van der Waals surface area (Å²) in [5, 5.41) is 4.93. The lowest BCUT2D eigenvalue weighted by molar-refractivity contribution is 1.14. The monoisotopic (exact) mass is 279 g/mol. The highest BCUT2D eigenvalue weighted by Gasteiger charge is 2.02. The molecule has 0 fully saturated rings. The summed E-state index contributed by atoms with van der Waals surface area (Å²) in [6.07, 6.45) is 0. The molecular formula is C15H15Cl2N. The van der Waals surface area contributed by atoms with Gasteiger partial charge in [-0.15, -0.1) is 0 Å². The molecule has 2 aromatic carbocycles. The van der Waals surface area contributed by atoms with Crippen molar-refractivity contribution in [2.24, 2.45) is 0 Å². The Kier molecular flexibility index (Phi) is 4.15. The highest BCUT2D eigenvalue weighted by Crippen LogP contribution is 2.22. The summed E-state index contributed by atoms with van der Waals surface area (Å²) in [6.45, 7) is 4.78. The van der Waals surface area contributed by atoms with Gasteiger partial charge in [0, 0.05) is 22.3 Å². The standard InChI is InChI=1S/C15H15Cl2N/c1-10-3-4-12(14(17)7-10)9-18-15-6-5-13(16)8-11(15)2/h3-8,18H,9H2,1-2H3. The van der Waals surface area contributed by atoms with Gasteiger partial charge in [-0.05, 0) is 54.8 Å². The second kappa shape index (κ2) is 5.64. The van der Waals surface area contributed by atoms with Gasteiger partial charge in [-0.25, -0.2) is 0 Å². The van der Waals surface area contributed by atoms with E-state index in [4.69, 9.17) is 23.2 Å². The van der Waals surface area contributed by atoms with E-state index >= 15 is 0 Å². The van der Waals surface area contributed by atoms with E-state index in [0.717, 1.165) is 26.9 Å². The summed E-state index contributed by atoms with van der Waals surface area (Å²) in [4.78, 5) is 0. The lowest BCUT2D eigenvalue weighted by Gasteiger charge is -2.11. The van der Waals surface area contributed by atoms with Crippen molar-refractivity contribution in [1.29, 1.82) is 0 Å². The average molecular weight is 280 g/mol. The molecule has 18 heavy (non-hydrogen) atoms. The van der Waals surface area contributed by atoms with Crippen LogP contribution in [0.25, 0.3) is 0 Å². The molecule has 0 saturated carbocycles. The van der Waals surface area contributed by atoms with Crippen molar-refractivity contribution in [2.75, 3.05) is 5.32 Å². The van der Waals surface area contributed by atoms with Crippen molar-refractivity contribution in [2.45, 2.75) is 20.4 Å². The zero-order chi connectivity index (χ0) is 13.1. The van der Waals surface area contributed by atoms with Gasteiger partial charge in [0.1, 0.15) is 0 Å². The molecule has 0 atom stereocenters. The molecule has 0 spiro atoms. The van der Waals surface area contributed by atoms with E-state index < -0.39 is 0 Å². The van der Waals surface area contributed by atoms with Gasteiger partial charge in [0.15, 0.2) is 0 Å².